The van der Waals surface area contributed by atoms with Gasteiger partial charge in [-0.15, -0.1) is 0 Å². The summed E-state index contributed by atoms with van der Waals surface area (Å²) in [6, 6.07) is 1.44. The van der Waals surface area contributed by atoms with Crippen LogP contribution in [0.2, 0.25) is 0 Å². The van der Waals surface area contributed by atoms with Crippen molar-refractivity contribution in [2.24, 2.45) is 0 Å². The van der Waals surface area contributed by atoms with Crippen molar-refractivity contribution in [3.63, 3.8) is 0 Å². The molecule has 0 bridgehead atoms. The molecule has 1 fully saturated rings. The van der Waals surface area contributed by atoms with Crippen LogP contribution in [0.3, 0.4) is 0 Å². The molecule has 1 aliphatic rings. The maximum absolute atomic E-state index is 3.77. The first-order chi connectivity index (χ1) is 8.65. The second kappa shape index (κ2) is 8.89. The number of rotatable bonds is 7. The lowest BCUT2D eigenvalue weighted by Gasteiger charge is -2.34. The molecule has 108 valence electrons. The third kappa shape index (κ3) is 5.68. The molecule has 2 atom stereocenters. The molecule has 0 aromatic rings. The Morgan fingerprint density at radius 3 is 2.39 bits per heavy atom. The number of likely N-dealkylation sites (N-methyl/N-ethyl adjacent to an activating group) is 2. The summed E-state index contributed by atoms with van der Waals surface area (Å²) in [4.78, 5) is 4.86. The molecule has 1 saturated carbocycles. The first-order valence-electron chi connectivity index (χ1n) is 7.73. The van der Waals surface area contributed by atoms with Crippen LogP contribution in [0.25, 0.3) is 0 Å². The van der Waals surface area contributed by atoms with E-state index < -0.39 is 0 Å². The van der Waals surface area contributed by atoms with Crippen molar-refractivity contribution >= 4 is 0 Å². The standard InChI is InChI=1S/C15H33N3/c1-5-11-16-14-9-7-6-8-10-15(14)18(4)13-12-17(2)3/h14-16H,5-13H2,1-4H3. The number of nitrogens with zero attached hydrogens (tertiary/aromatic N) is 2. The van der Waals surface area contributed by atoms with Gasteiger partial charge in [-0.3, -0.25) is 0 Å². The van der Waals surface area contributed by atoms with Gasteiger partial charge in [0.15, 0.2) is 0 Å². The Morgan fingerprint density at radius 1 is 1.00 bits per heavy atom. The minimum atomic E-state index is 0.708. The van der Waals surface area contributed by atoms with Crippen LogP contribution in [0.15, 0.2) is 0 Å². The van der Waals surface area contributed by atoms with E-state index in [-0.39, 0.29) is 0 Å². The van der Waals surface area contributed by atoms with Crippen molar-refractivity contribution in [1.82, 2.24) is 15.1 Å². The topological polar surface area (TPSA) is 18.5 Å². The van der Waals surface area contributed by atoms with Crippen molar-refractivity contribution in [3.8, 4) is 0 Å². The van der Waals surface area contributed by atoms with Crippen LogP contribution in [0, 0.1) is 0 Å². The van der Waals surface area contributed by atoms with E-state index in [2.05, 4.69) is 43.2 Å². The Hall–Kier alpha value is -0.120. The van der Waals surface area contributed by atoms with Gasteiger partial charge in [-0.25, -0.2) is 0 Å². The maximum Gasteiger partial charge on any atom is 0.0246 e. The van der Waals surface area contributed by atoms with Crippen molar-refractivity contribution in [2.75, 3.05) is 40.8 Å². The number of nitrogens with one attached hydrogen (secondary N) is 1. The van der Waals surface area contributed by atoms with Gasteiger partial charge in [0, 0.05) is 25.2 Å². The zero-order valence-corrected chi connectivity index (χ0v) is 12.9. The lowest BCUT2D eigenvalue weighted by Crippen LogP contribution is -2.49. The molecule has 0 radical (unpaired) electrons. The van der Waals surface area contributed by atoms with Crippen LogP contribution in [-0.2, 0) is 0 Å². The summed E-state index contributed by atoms with van der Waals surface area (Å²) in [5, 5.41) is 3.77. The highest BCUT2D eigenvalue weighted by atomic mass is 15.2. The summed E-state index contributed by atoms with van der Waals surface area (Å²) >= 11 is 0. The van der Waals surface area contributed by atoms with Gasteiger partial charge in [-0.1, -0.05) is 26.2 Å². The highest BCUT2D eigenvalue weighted by Gasteiger charge is 2.26. The van der Waals surface area contributed by atoms with E-state index in [1.54, 1.807) is 0 Å². The Balaban J connectivity index is 2.48. The number of hydrogen-bond donors (Lipinski definition) is 1. The first-order valence-corrected chi connectivity index (χ1v) is 7.73. The van der Waals surface area contributed by atoms with E-state index in [1.165, 1.54) is 51.6 Å². The third-order valence-electron chi connectivity index (χ3n) is 4.10. The molecule has 0 aromatic heterocycles. The predicted molar refractivity (Wildman–Crippen MR) is 80.1 cm³/mol. The van der Waals surface area contributed by atoms with E-state index in [0.717, 1.165) is 12.6 Å². The van der Waals surface area contributed by atoms with Gasteiger partial charge < -0.3 is 15.1 Å². The normalized spacial score (nSPS) is 25.7. The molecule has 3 heteroatoms. The second-order valence-electron chi connectivity index (χ2n) is 6.05. The van der Waals surface area contributed by atoms with Crippen LogP contribution >= 0.6 is 0 Å². The summed E-state index contributed by atoms with van der Waals surface area (Å²) in [5.74, 6) is 0. The van der Waals surface area contributed by atoms with Gasteiger partial charge in [0.2, 0.25) is 0 Å². The molecule has 1 aliphatic carbocycles. The molecular weight excluding hydrogens is 222 g/mol. The van der Waals surface area contributed by atoms with Crippen LogP contribution < -0.4 is 5.32 Å². The average Bonchev–Trinajstić information content (AvgIpc) is 2.58. The molecule has 0 aromatic carbocycles. The minimum Gasteiger partial charge on any atom is -0.312 e. The Labute approximate surface area is 114 Å². The van der Waals surface area contributed by atoms with Gasteiger partial charge in [0.25, 0.3) is 0 Å². The fourth-order valence-electron chi connectivity index (χ4n) is 2.91. The number of hydrogen-bond acceptors (Lipinski definition) is 3. The first kappa shape index (κ1) is 15.9. The second-order valence-corrected chi connectivity index (χ2v) is 6.05. The minimum absolute atomic E-state index is 0.708. The van der Waals surface area contributed by atoms with Crippen molar-refractivity contribution in [1.29, 1.82) is 0 Å². The van der Waals surface area contributed by atoms with Crippen molar-refractivity contribution in [2.45, 2.75) is 57.5 Å². The molecule has 2 unspecified atom stereocenters. The zero-order chi connectivity index (χ0) is 13.4. The molecule has 0 aliphatic heterocycles. The lowest BCUT2D eigenvalue weighted by molar-refractivity contribution is 0.168. The molecule has 18 heavy (non-hydrogen) atoms. The van der Waals surface area contributed by atoms with Crippen molar-refractivity contribution < 1.29 is 0 Å². The zero-order valence-electron chi connectivity index (χ0n) is 12.9. The molecule has 1 rings (SSSR count). The van der Waals surface area contributed by atoms with E-state index in [1.807, 2.05) is 0 Å². The van der Waals surface area contributed by atoms with Gasteiger partial charge in [0.1, 0.15) is 0 Å². The maximum atomic E-state index is 3.77. The van der Waals surface area contributed by atoms with Crippen LogP contribution in [0.4, 0.5) is 0 Å². The average molecular weight is 255 g/mol. The summed E-state index contributed by atoms with van der Waals surface area (Å²) in [7, 11) is 6.63. The predicted octanol–water partition coefficient (Wildman–Crippen LogP) is 2.18. The fourth-order valence-corrected chi connectivity index (χ4v) is 2.91. The summed E-state index contributed by atoms with van der Waals surface area (Å²) in [5.41, 5.74) is 0. The molecular formula is C15H33N3. The lowest BCUT2D eigenvalue weighted by atomic mass is 10.0. The molecule has 0 saturated heterocycles. The van der Waals surface area contributed by atoms with E-state index >= 15 is 0 Å². The molecule has 0 amide bonds. The van der Waals surface area contributed by atoms with Crippen LogP contribution in [-0.4, -0.2) is 62.7 Å². The molecule has 1 N–H and O–H groups in total. The van der Waals surface area contributed by atoms with Gasteiger partial charge in [-0.2, -0.15) is 0 Å². The van der Waals surface area contributed by atoms with Gasteiger partial charge >= 0.3 is 0 Å². The molecule has 0 spiro atoms. The third-order valence-corrected chi connectivity index (χ3v) is 4.10. The smallest absolute Gasteiger partial charge is 0.0246 e. The largest absolute Gasteiger partial charge is 0.312 e. The summed E-state index contributed by atoms with van der Waals surface area (Å²) in [6.45, 7) is 5.77. The van der Waals surface area contributed by atoms with E-state index in [0.29, 0.717) is 6.04 Å². The summed E-state index contributed by atoms with van der Waals surface area (Å²) < 4.78 is 0. The fraction of sp³-hybridized carbons (Fsp3) is 1.00. The van der Waals surface area contributed by atoms with E-state index in [9.17, 15) is 0 Å². The van der Waals surface area contributed by atoms with Gasteiger partial charge in [0.05, 0.1) is 0 Å². The van der Waals surface area contributed by atoms with Crippen molar-refractivity contribution in [3.05, 3.63) is 0 Å². The summed E-state index contributed by atoms with van der Waals surface area (Å²) in [6.07, 6.45) is 8.19. The SMILES string of the molecule is CCCNC1CCCCCC1N(C)CCN(C)C. The molecule has 3 nitrogen and oxygen atoms in total. The van der Waals surface area contributed by atoms with Gasteiger partial charge in [-0.05, 0) is 47.0 Å². The van der Waals surface area contributed by atoms with Crippen LogP contribution in [0.1, 0.15) is 45.4 Å². The Kier molecular flexibility index (Phi) is 7.87. The highest BCUT2D eigenvalue weighted by molar-refractivity contribution is 4.85. The monoisotopic (exact) mass is 255 g/mol. The van der Waals surface area contributed by atoms with Crippen LogP contribution in [0.5, 0.6) is 0 Å². The highest BCUT2D eigenvalue weighted by Crippen LogP contribution is 2.21. The Bertz CT molecular complexity index is 206. The Morgan fingerprint density at radius 2 is 1.72 bits per heavy atom. The molecule has 0 heterocycles. The van der Waals surface area contributed by atoms with E-state index in [4.69, 9.17) is 0 Å². The quantitative estimate of drug-likeness (QED) is 0.704.